The largest absolute Gasteiger partial charge is 0.359 e. The van der Waals surface area contributed by atoms with Crippen molar-refractivity contribution in [2.75, 3.05) is 19.3 Å². The average Bonchev–Trinajstić information content (AvgIpc) is 2.90. The summed E-state index contributed by atoms with van der Waals surface area (Å²) in [6, 6.07) is -0.135. The van der Waals surface area contributed by atoms with Gasteiger partial charge in [-0.3, -0.25) is 4.79 Å². The highest BCUT2D eigenvalue weighted by Crippen LogP contribution is 2.36. The Morgan fingerprint density at radius 3 is 2.83 bits per heavy atom. The average molecular weight is 267 g/mol. The standard InChI is InChI=1S/C13H21N3OS/c1-16-8-5-10(11(16)17)14-12-15-13(9-18-12)6-3-2-4-7-13/h10H,2-9H2,1H3,(H,14,15). The maximum atomic E-state index is 11.8. The Morgan fingerprint density at radius 1 is 1.39 bits per heavy atom. The van der Waals surface area contributed by atoms with Crippen molar-refractivity contribution in [2.24, 2.45) is 4.99 Å². The van der Waals surface area contributed by atoms with Gasteiger partial charge in [0.15, 0.2) is 5.17 Å². The second kappa shape index (κ2) is 4.76. The molecule has 4 nitrogen and oxygen atoms in total. The first kappa shape index (κ1) is 12.3. The maximum absolute atomic E-state index is 11.8. The summed E-state index contributed by atoms with van der Waals surface area (Å²) in [7, 11) is 1.86. The third-order valence-electron chi connectivity index (χ3n) is 4.34. The number of thioether (sulfide) groups is 1. The normalized spacial score (nSPS) is 33.4. The predicted octanol–water partition coefficient (Wildman–Crippen LogP) is 1.61. The third-order valence-corrected chi connectivity index (χ3v) is 5.52. The van der Waals surface area contributed by atoms with Crippen molar-refractivity contribution in [3.05, 3.63) is 0 Å². The number of likely N-dealkylation sites (tertiary alicyclic amines) is 1. The fourth-order valence-corrected chi connectivity index (χ4v) is 4.40. The van der Waals surface area contributed by atoms with Crippen LogP contribution in [0.5, 0.6) is 0 Å². The molecular weight excluding hydrogens is 246 g/mol. The van der Waals surface area contributed by atoms with E-state index in [9.17, 15) is 4.79 Å². The van der Waals surface area contributed by atoms with Gasteiger partial charge < -0.3 is 10.2 Å². The first-order valence-corrected chi connectivity index (χ1v) is 7.91. The molecule has 0 aromatic carbocycles. The first-order valence-electron chi connectivity index (χ1n) is 6.92. The summed E-state index contributed by atoms with van der Waals surface area (Å²) in [5.74, 6) is 1.30. The van der Waals surface area contributed by atoms with E-state index in [1.165, 1.54) is 32.1 Å². The summed E-state index contributed by atoms with van der Waals surface area (Å²) in [6.07, 6.45) is 7.41. The number of amides is 1. The fourth-order valence-electron chi connectivity index (χ4n) is 3.14. The summed E-state index contributed by atoms with van der Waals surface area (Å²) < 4.78 is 0. The van der Waals surface area contributed by atoms with Gasteiger partial charge >= 0.3 is 0 Å². The summed E-state index contributed by atoms with van der Waals surface area (Å²) in [5.41, 5.74) is 0.287. The zero-order valence-corrected chi connectivity index (χ0v) is 11.8. The summed E-state index contributed by atoms with van der Waals surface area (Å²) in [5, 5.41) is 4.62. The van der Waals surface area contributed by atoms with E-state index in [2.05, 4.69) is 10.3 Å². The maximum Gasteiger partial charge on any atom is 0.247 e. The molecular formula is C13H21N3OS. The van der Waals surface area contributed by atoms with Crippen LogP contribution in [0.25, 0.3) is 0 Å². The topological polar surface area (TPSA) is 44.7 Å². The molecule has 3 fully saturated rings. The van der Waals surface area contributed by atoms with Crippen molar-refractivity contribution >= 4 is 22.8 Å². The molecule has 1 aliphatic carbocycles. The molecule has 1 saturated carbocycles. The molecule has 1 N–H and O–H groups in total. The number of carbonyl (C=O) groups excluding carboxylic acids is 1. The van der Waals surface area contributed by atoms with Gasteiger partial charge in [-0.1, -0.05) is 31.0 Å². The molecule has 0 bridgehead atoms. The first-order chi connectivity index (χ1) is 8.69. The van der Waals surface area contributed by atoms with Gasteiger partial charge in [-0.05, 0) is 19.3 Å². The number of carbonyl (C=O) groups is 1. The molecule has 0 aromatic heterocycles. The molecule has 1 unspecified atom stereocenters. The number of nitrogens with one attached hydrogen (secondary N) is 1. The Morgan fingerprint density at radius 2 is 2.17 bits per heavy atom. The van der Waals surface area contributed by atoms with E-state index >= 15 is 0 Å². The lowest BCUT2D eigenvalue weighted by atomic mass is 9.83. The van der Waals surface area contributed by atoms with Crippen LogP contribution in [0.2, 0.25) is 0 Å². The quantitative estimate of drug-likeness (QED) is 0.785. The van der Waals surface area contributed by atoms with Gasteiger partial charge in [0.1, 0.15) is 6.04 Å². The number of amidine groups is 1. The molecule has 0 aromatic rings. The van der Waals surface area contributed by atoms with Crippen LogP contribution in [0.15, 0.2) is 4.99 Å². The molecule has 1 spiro atoms. The van der Waals surface area contributed by atoms with Crippen LogP contribution in [0.4, 0.5) is 0 Å². The van der Waals surface area contributed by atoms with Crippen LogP contribution in [0.1, 0.15) is 38.5 Å². The van der Waals surface area contributed by atoms with Crippen LogP contribution >= 0.6 is 11.8 Å². The Hall–Kier alpha value is -0.710. The highest BCUT2D eigenvalue weighted by Gasteiger charge is 2.39. The van der Waals surface area contributed by atoms with E-state index in [0.717, 1.165) is 23.9 Å². The fraction of sp³-hybridized carbons (Fsp3) is 0.846. The van der Waals surface area contributed by atoms with Gasteiger partial charge in [-0.2, -0.15) is 0 Å². The van der Waals surface area contributed by atoms with Gasteiger partial charge in [-0.25, -0.2) is 4.99 Å². The molecule has 2 heterocycles. The Bertz CT molecular complexity index is 376. The molecule has 5 heteroatoms. The molecule has 3 aliphatic rings. The van der Waals surface area contributed by atoms with E-state index in [1.807, 2.05) is 7.05 Å². The van der Waals surface area contributed by atoms with Crippen molar-refractivity contribution < 1.29 is 4.79 Å². The van der Waals surface area contributed by atoms with Gasteiger partial charge in [0.2, 0.25) is 5.91 Å². The molecule has 2 aliphatic heterocycles. The van der Waals surface area contributed by atoms with Gasteiger partial charge in [-0.15, -0.1) is 0 Å². The second-order valence-corrected chi connectivity index (χ2v) is 6.72. The zero-order valence-electron chi connectivity index (χ0n) is 10.9. The van der Waals surface area contributed by atoms with Crippen molar-refractivity contribution in [2.45, 2.75) is 50.1 Å². The highest BCUT2D eigenvalue weighted by atomic mass is 32.2. The number of hydrogen-bond donors (Lipinski definition) is 1. The summed E-state index contributed by atoms with van der Waals surface area (Å²) in [6.45, 7) is 0.843. The van der Waals surface area contributed by atoms with E-state index in [-0.39, 0.29) is 17.5 Å². The molecule has 2 saturated heterocycles. The highest BCUT2D eigenvalue weighted by molar-refractivity contribution is 8.14. The smallest absolute Gasteiger partial charge is 0.247 e. The molecule has 3 rings (SSSR count). The van der Waals surface area contributed by atoms with Gasteiger partial charge in [0.05, 0.1) is 0 Å². The minimum Gasteiger partial charge on any atom is -0.359 e. The lowest BCUT2D eigenvalue weighted by molar-refractivity contribution is -0.127. The summed E-state index contributed by atoms with van der Waals surface area (Å²) in [4.78, 5) is 18.3. The van der Waals surface area contributed by atoms with E-state index in [1.54, 1.807) is 16.7 Å². The molecule has 1 amide bonds. The lowest BCUT2D eigenvalue weighted by Crippen LogP contribution is -2.45. The van der Waals surface area contributed by atoms with Crippen LogP contribution in [0, 0.1) is 0 Å². The van der Waals surface area contributed by atoms with Crippen LogP contribution in [-0.2, 0) is 4.79 Å². The molecule has 1 atom stereocenters. The van der Waals surface area contributed by atoms with Crippen LogP contribution in [0.3, 0.4) is 0 Å². The van der Waals surface area contributed by atoms with Crippen molar-refractivity contribution in [1.29, 1.82) is 0 Å². The Balaban J connectivity index is 1.66. The van der Waals surface area contributed by atoms with E-state index < -0.39 is 0 Å². The number of nitrogens with zero attached hydrogens (tertiary/aromatic N) is 2. The number of rotatable bonds is 1. The molecule has 18 heavy (non-hydrogen) atoms. The second-order valence-electron chi connectivity index (χ2n) is 5.75. The molecule has 0 radical (unpaired) electrons. The predicted molar refractivity (Wildman–Crippen MR) is 74.9 cm³/mol. The molecule has 100 valence electrons. The van der Waals surface area contributed by atoms with Gasteiger partial charge in [0, 0.05) is 24.9 Å². The van der Waals surface area contributed by atoms with E-state index in [4.69, 9.17) is 0 Å². The van der Waals surface area contributed by atoms with Crippen LogP contribution in [-0.4, -0.2) is 46.9 Å². The lowest BCUT2D eigenvalue weighted by Gasteiger charge is -2.32. The Labute approximate surface area is 113 Å². The minimum atomic E-state index is -0.135. The number of hydrogen-bond acceptors (Lipinski definition) is 3. The summed E-state index contributed by atoms with van der Waals surface area (Å²) >= 11 is 1.81. The zero-order chi connectivity index (χ0) is 12.6. The monoisotopic (exact) mass is 267 g/mol. The number of aliphatic imine (C=N–C) groups is 1. The van der Waals surface area contributed by atoms with Crippen LogP contribution < -0.4 is 5.32 Å². The third kappa shape index (κ3) is 2.25. The SMILES string of the molecule is CN1CCC(N=C2NC3(CCCCC3)CS2)C1=O. The van der Waals surface area contributed by atoms with Crippen molar-refractivity contribution in [3.8, 4) is 0 Å². The Kier molecular flexibility index (Phi) is 3.26. The van der Waals surface area contributed by atoms with Gasteiger partial charge in [0.25, 0.3) is 0 Å². The minimum absolute atomic E-state index is 0.135. The van der Waals surface area contributed by atoms with Crippen molar-refractivity contribution in [3.63, 3.8) is 0 Å². The number of likely N-dealkylation sites (N-methyl/N-ethyl adjacent to an activating group) is 1. The van der Waals surface area contributed by atoms with E-state index in [0.29, 0.717) is 0 Å². The van der Waals surface area contributed by atoms with Crippen molar-refractivity contribution in [1.82, 2.24) is 10.2 Å².